The van der Waals surface area contributed by atoms with Crippen molar-refractivity contribution in [3.05, 3.63) is 26.7 Å². The van der Waals surface area contributed by atoms with Crippen LogP contribution in [0.15, 0.2) is 16.6 Å². The summed E-state index contributed by atoms with van der Waals surface area (Å²) >= 11 is 15.6. The first kappa shape index (κ1) is 13.5. The summed E-state index contributed by atoms with van der Waals surface area (Å²) in [5.41, 5.74) is 0.584. The number of nitrogens with one attached hydrogen (secondary N) is 1. The van der Waals surface area contributed by atoms with Crippen molar-refractivity contribution in [1.82, 2.24) is 0 Å². The van der Waals surface area contributed by atoms with E-state index in [-0.39, 0.29) is 17.6 Å². The van der Waals surface area contributed by atoms with Crippen LogP contribution in [-0.4, -0.2) is 17.3 Å². The zero-order chi connectivity index (χ0) is 12.8. The zero-order valence-electron chi connectivity index (χ0n) is 9.60. The van der Waals surface area contributed by atoms with Crippen LogP contribution in [0.2, 0.25) is 10.0 Å². The van der Waals surface area contributed by atoms with Gasteiger partial charge in [-0.25, -0.2) is 0 Å². The normalized spacial score (nSPS) is 26.5. The molecule has 1 fully saturated rings. The van der Waals surface area contributed by atoms with Crippen molar-refractivity contribution in [2.45, 2.75) is 32.4 Å². The molecule has 0 aliphatic heterocycles. The van der Waals surface area contributed by atoms with Gasteiger partial charge in [0.05, 0.1) is 21.8 Å². The van der Waals surface area contributed by atoms with E-state index >= 15 is 0 Å². The van der Waals surface area contributed by atoms with Gasteiger partial charge in [0.2, 0.25) is 0 Å². The number of aliphatic hydroxyl groups excluding tert-OH is 1. The third kappa shape index (κ3) is 2.43. The molecule has 5 heteroatoms. The molecule has 0 amide bonds. The molecule has 0 saturated heterocycles. The Morgan fingerprint density at radius 2 is 1.88 bits per heavy atom. The van der Waals surface area contributed by atoms with E-state index in [2.05, 4.69) is 21.2 Å². The summed E-state index contributed by atoms with van der Waals surface area (Å²) in [6.45, 7) is 4.05. The molecule has 1 aromatic carbocycles. The van der Waals surface area contributed by atoms with Crippen LogP contribution in [0.25, 0.3) is 0 Å². The standard InChI is InChI=1S/C12H14BrCl2NO/c1-12(2)9(5-10(12)17)16-11-7(14)3-6(13)4-8(11)15/h3-4,9-10,16-17H,5H2,1-2H3. The van der Waals surface area contributed by atoms with Crippen LogP contribution in [-0.2, 0) is 0 Å². The number of halogens is 3. The Morgan fingerprint density at radius 1 is 1.35 bits per heavy atom. The molecule has 1 aliphatic carbocycles. The molecule has 1 aromatic rings. The van der Waals surface area contributed by atoms with E-state index in [4.69, 9.17) is 23.2 Å². The van der Waals surface area contributed by atoms with Crippen LogP contribution in [0.1, 0.15) is 20.3 Å². The van der Waals surface area contributed by atoms with E-state index in [9.17, 15) is 5.11 Å². The maximum Gasteiger partial charge on any atom is 0.0722 e. The first-order valence-electron chi connectivity index (χ1n) is 5.41. The predicted octanol–water partition coefficient (Wildman–Crippen LogP) is 4.33. The average molecular weight is 339 g/mol. The molecule has 2 unspecified atom stereocenters. The molecule has 0 spiro atoms. The van der Waals surface area contributed by atoms with Crippen LogP contribution in [0.5, 0.6) is 0 Å². The number of benzene rings is 1. The van der Waals surface area contributed by atoms with Gasteiger partial charge in [-0.3, -0.25) is 0 Å². The Bertz CT molecular complexity index is 427. The summed E-state index contributed by atoms with van der Waals surface area (Å²) in [5.74, 6) is 0. The molecule has 1 saturated carbocycles. The van der Waals surface area contributed by atoms with E-state index in [0.717, 1.165) is 16.6 Å². The lowest BCUT2D eigenvalue weighted by molar-refractivity contribution is -0.0510. The van der Waals surface area contributed by atoms with E-state index in [1.165, 1.54) is 0 Å². The number of hydrogen-bond donors (Lipinski definition) is 2. The van der Waals surface area contributed by atoms with Gasteiger partial charge in [-0.05, 0) is 18.6 Å². The van der Waals surface area contributed by atoms with Crippen LogP contribution in [0, 0.1) is 5.41 Å². The Hall–Kier alpha value is 0.0400. The third-order valence-electron chi connectivity index (χ3n) is 3.54. The highest BCUT2D eigenvalue weighted by Crippen LogP contribution is 2.44. The first-order valence-corrected chi connectivity index (χ1v) is 6.96. The highest BCUT2D eigenvalue weighted by atomic mass is 79.9. The summed E-state index contributed by atoms with van der Waals surface area (Å²) < 4.78 is 0.853. The molecule has 0 aromatic heterocycles. The first-order chi connectivity index (χ1) is 7.82. The second-order valence-electron chi connectivity index (χ2n) is 5.01. The highest BCUT2D eigenvalue weighted by molar-refractivity contribution is 9.10. The van der Waals surface area contributed by atoms with Gasteiger partial charge >= 0.3 is 0 Å². The SMILES string of the molecule is CC1(C)C(O)CC1Nc1c(Cl)cc(Br)cc1Cl. The highest BCUT2D eigenvalue weighted by Gasteiger charge is 2.47. The van der Waals surface area contributed by atoms with Gasteiger partial charge in [-0.15, -0.1) is 0 Å². The number of rotatable bonds is 2. The smallest absolute Gasteiger partial charge is 0.0722 e. The third-order valence-corrected chi connectivity index (χ3v) is 4.60. The molecule has 2 rings (SSSR count). The van der Waals surface area contributed by atoms with E-state index < -0.39 is 0 Å². The van der Waals surface area contributed by atoms with Gasteiger partial charge in [-0.2, -0.15) is 0 Å². The van der Waals surface area contributed by atoms with Gasteiger partial charge in [0.15, 0.2) is 0 Å². The van der Waals surface area contributed by atoms with Gasteiger partial charge in [-0.1, -0.05) is 53.0 Å². The molecule has 1 aliphatic rings. The lowest BCUT2D eigenvalue weighted by Crippen LogP contribution is -2.56. The van der Waals surface area contributed by atoms with Crippen LogP contribution in [0.3, 0.4) is 0 Å². The second-order valence-corrected chi connectivity index (χ2v) is 6.74. The van der Waals surface area contributed by atoms with Gasteiger partial charge < -0.3 is 10.4 Å². The molecule has 2 nitrogen and oxygen atoms in total. The minimum Gasteiger partial charge on any atom is -0.392 e. The fourth-order valence-corrected chi connectivity index (χ4v) is 3.32. The summed E-state index contributed by atoms with van der Waals surface area (Å²) in [6, 6.07) is 3.80. The maximum absolute atomic E-state index is 9.69. The zero-order valence-corrected chi connectivity index (χ0v) is 12.7. The van der Waals surface area contributed by atoms with Crippen molar-refractivity contribution in [1.29, 1.82) is 0 Å². The molecule has 17 heavy (non-hydrogen) atoms. The molecular formula is C12H14BrCl2NO. The van der Waals surface area contributed by atoms with Crippen LogP contribution >= 0.6 is 39.1 Å². The molecule has 0 heterocycles. The molecular weight excluding hydrogens is 325 g/mol. The summed E-state index contributed by atoms with van der Waals surface area (Å²) in [4.78, 5) is 0. The molecule has 0 bridgehead atoms. The minimum absolute atomic E-state index is 0.153. The van der Waals surface area contributed by atoms with Crippen molar-refractivity contribution in [2.24, 2.45) is 5.41 Å². The van der Waals surface area contributed by atoms with E-state index in [1.807, 2.05) is 13.8 Å². The van der Waals surface area contributed by atoms with E-state index in [1.54, 1.807) is 12.1 Å². The molecule has 2 N–H and O–H groups in total. The van der Waals surface area contributed by atoms with Gasteiger partial charge in [0, 0.05) is 15.9 Å². The van der Waals surface area contributed by atoms with Crippen molar-refractivity contribution in [3.63, 3.8) is 0 Å². The van der Waals surface area contributed by atoms with Crippen molar-refractivity contribution < 1.29 is 5.11 Å². The molecule has 94 valence electrons. The fourth-order valence-electron chi connectivity index (χ4n) is 2.00. The summed E-state index contributed by atoms with van der Waals surface area (Å²) in [6.07, 6.45) is 0.448. The Kier molecular flexibility index (Phi) is 3.66. The Morgan fingerprint density at radius 3 is 2.29 bits per heavy atom. The number of hydrogen-bond acceptors (Lipinski definition) is 2. The van der Waals surface area contributed by atoms with Crippen molar-refractivity contribution in [2.75, 3.05) is 5.32 Å². The Balaban J connectivity index is 2.21. The maximum atomic E-state index is 9.69. The largest absolute Gasteiger partial charge is 0.392 e. The topological polar surface area (TPSA) is 32.3 Å². The molecule has 0 radical (unpaired) electrons. The number of aliphatic hydroxyl groups is 1. The van der Waals surface area contributed by atoms with Crippen molar-refractivity contribution in [3.8, 4) is 0 Å². The second kappa shape index (κ2) is 4.61. The number of anilines is 1. The van der Waals surface area contributed by atoms with Crippen molar-refractivity contribution >= 4 is 44.8 Å². The summed E-state index contributed by atoms with van der Waals surface area (Å²) in [5, 5.41) is 14.2. The predicted molar refractivity (Wildman–Crippen MR) is 76.0 cm³/mol. The quantitative estimate of drug-likeness (QED) is 0.841. The fraction of sp³-hybridized carbons (Fsp3) is 0.500. The van der Waals surface area contributed by atoms with Crippen LogP contribution < -0.4 is 5.32 Å². The average Bonchev–Trinajstić information content (AvgIpc) is 2.21. The lowest BCUT2D eigenvalue weighted by Gasteiger charge is -2.50. The summed E-state index contributed by atoms with van der Waals surface area (Å²) in [7, 11) is 0. The molecule has 2 atom stereocenters. The Labute approximate surface area is 119 Å². The van der Waals surface area contributed by atoms with E-state index in [0.29, 0.717) is 10.0 Å². The minimum atomic E-state index is -0.270. The lowest BCUT2D eigenvalue weighted by atomic mass is 9.64. The van der Waals surface area contributed by atoms with Crippen LogP contribution in [0.4, 0.5) is 5.69 Å². The van der Waals surface area contributed by atoms with Gasteiger partial charge in [0.1, 0.15) is 0 Å². The monoisotopic (exact) mass is 337 g/mol. The van der Waals surface area contributed by atoms with Gasteiger partial charge in [0.25, 0.3) is 0 Å².